The van der Waals surface area contributed by atoms with Gasteiger partial charge in [0, 0.05) is 18.4 Å². The third kappa shape index (κ3) is 4.26. The van der Waals surface area contributed by atoms with Crippen LogP contribution in [0.4, 0.5) is 4.39 Å². The zero-order valence-corrected chi connectivity index (χ0v) is 18.2. The van der Waals surface area contributed by atoms with Gasteiger partial charge in [0.05, 0.1) is 19.3 Å². The Balaban J connectivity index is 1.64. The first-order chi connectivity index (χ1) is 14.7. The molecule has 1 saturated carbocycles. The monoisotopic (exact) mass is 411 g/mol. The minimum atomic E-state index is -0.320. The van der Waals surface area contributed by atoms with Crippen LogP contribution >= 0.6 is 0 Å². The van der Waals surface area contributed by atoms with E-state index < -0.39 is 0 Å². The van der Waals surface area contributed by atoms with Gasteiger partial charge in [0.2, 0.25) is 0 Å². The van der Waals surface area contributed by atoms with E-state index >= 15 is 0 Å². The summed E-state index contributed by atoms with van der Waals surface area (Å²) in [5.41, 5.74) is 3.70. The molecule has 3 nitrogen and oxygen atoms in total. The number of ether oxygens (including phenoxy) is 2. The third-order valence-corrected chi connectivity index (χ3v) is 7.04. The summed E-state index contributed by atoms with van der Waals surface area (Å²) in [6.45, 7) is 3.81. The quantitative estimate of drug-likeness (QED) is 0.620. The first-order valence-electron chi connectivity index (χ1n) is 11.3. The van der Waals surface area contributed by atoms with E-state index in [0.29, 0.717) is 24.3 Å². The molecule has 1 spiro atoms. The molecule has 1 aliphatic carbocycles. The molecule has 2 aromatic rings. The van der Waals surface area contributed by atoms with E-state index in [9.17, 15) is 4.39 Å². The Hall–Kier alpha value is -1.91. The maximum Gasteiger partial charge on any atom is 0.122 e. The largest absolute Gasteiger partial charge is 0.496 e. The summed E-state index contributed by atoms with van der Waals surface area (Å²) in [4.78, 5) is 0. The average molecular weight is 412 g/mol. The number of aryl methyl sites for hydroxylation is 1. The lowest BCUT2D eigenvalue weighted by Crippen LogP contribution is -2.46. The fourth-order valence-electron chi connectivity index (χ4n) is 5.79. The Bertz CT molecular complexity index is 827. The third-order valence-electron chi connectivity index (χ3n) is 7.04. The second-order valence-electron chi connectivity index (χ2n) is 8.96. The molecular formula is C26H34FNO2. The van der Waals surface area contributed by atoms with E-state index in [4.69, 9.17) is 9.47 Å². The molecule has 4 rings (SSSR count). The smallest absolute Gasteiger partial charge is 0.122 e. The number of alkyl halides is 1. The molecule has 2 aliphatic rings. The molecule has 2 aromatic carbocycles. The highest BCUT2D eigenvalue weighted by Gasteiger charge is 2.52. The molecule has 4 atom stereocenters. The topological polar surface area (TPSA) is 30.5 Å². The molecule has 0 aromatic heterocycles. The van der Waals surface area contributed by atoms with Crippen LogP contribution in [-0.2, 0) is 4.74 Å². The predicted octanol–water partition coefficient (Wildman–Crippen LogP) is 5.39. The number of hydrogen-bond acceptors (Lipinski definition) is 3. The van der Waals surface area contributed by atoms with Crippen molar-refractivity contribution in [3.05, 3.63) is 65.2 Å². The highest BCUT2D eigenvalue weighted by atomic mass is 19.1. The summed E-state index contributed by atoms with van der Waals surface area (Å²) < 4.78 is 25.1. The fourth-order valence-corrected chi connectivity index (χ4v) is 5.79. The van der Waals surface area contributed by atoms with Crippen LogP contribution in [0.25, 0.3) is 0 Å². The highest BCUT2D eigenvalue weighted by molar-refractivity contribution is 5.41. The minimum Gasteiger partial charge on any atom is -0.496 e. The second kappa shape index (κ2) is 9.49. The maximum atomic E-state index is 12.7. The number of nitrogens with one attached hydrogen (secondary N) is 1. The lowest BCUT2D eigenvalue weighted by molar-refractivity contribution is -0.0603. The molecule has 30 heavy (non-hydrogen) atoms. The van der Waals surface area contributed by atoms with Gasteiger partial charge in [-0.1, -0.05) is 54.4 Å². The molecule has 1 N–H and O–H groups in total. The summed E-state index contributed by atoms with van der Waals surface area (Å²) >= 11 is 0. The molecule has 0 radical (unpaired) electrons. The molecule has 1 saturated heterocycles. The zero-order chi connectivity index (χ0) is 21.0. The number of hydrogen-bond donors (Lipinski definition) is 1. The molecule has 0 unspecified atom stereocenters. The van der Waals surface area contributed by atoms with Gasteiger partial charge < -0.3 is 14.8 Å². The molecule has 0 bridgehead atoms. The maximum absolute atomic E-state index is 12.7. The van der Waals surface area contributed by atoms with Gasteiger partial charge in [0.1, 0.15) is 12.4 Å². The summed E-state index contributed by atoms with van der Waals surface area (Å²) in [6, 6.07) is 17.2. The number of halogens is 1. The SMILES string of the molecule is COc1ccc(C)cc1[C@@H]1CO[C@]2(CCC[C@H](CNCCF)[C@H]2c2ccccc2)C1. The van der Waals surface area contributed by atoms with Crippen molar-refractivity contribution in [2.75, 3.05) is 33.5 Å². The van der Waals surface area contributed by atoms with Crippen LogP contribution in [0, 0.1) is 12.8 Å². The van der Waals surface area contributed by atoms with Crippen LogP contribution in [0.5, 0.6) is 5.75 Å². The molecule has 162 valence electrons. The van der Waals surface area contributed by atoms with Crippen molar-refractivity contribution >= 4 is 0 Å². The molecular weight excluding hydrogens is 377 g/mol. The second-order valence-corrected chi connectivity index (χ2v) is 8.96. The normalized spacial score (nSPS) is 28.7. The summed E-state index contributed by atoms with van der Waals surface area (Å²) in [5.74, 6) is 2.06. The molecule has 4 heteroatoms. The molecule has 1 aliphatic heterocycles. The average Bonchev–Trinajstić information content (AvgIpc) is 3.18. The zero-order valence-electron chi connectivity index (χ0n) is 18.2. The Morgan fingerprint density at radius 1 is 1.20 bits per heavy atom. The van der Waals surface area contributed by atoms with Gasteiger partial charge in [0.25, 0.3) is 0 Å². The number of rotatable bonds is 7. The van der Waals surface area contributed by atoms with Crippen LogP contribution in [0.2, 0.25) is 0 Å². The Morgan fingerprint density at radius 2 is 2.03 bits per heavy atom. The standard InChI is InChI=1S/C26H34FNO2/c1-19-10-11-24(29-2)23(15-19)22-16-26(30-18-22)12-6-9-21(17-28-14-13-27)25(26)20-7-4-3-5-8-20/h3-5,7-8,10-11,15,21-22,25,28H,6,9,12-14,16-18H2,1-2H3/t21-,22+,25-,26-/m1/s1. The van der Waals surface area contributed by atoms with Crippen molar-refractivity contribution in [3.8, 4) is 5.75 Å². The Morgan fingerprint density at radius 3 is 2.80 bits per heavy atom. The first kappa shape index (κ1) is 21.3. The summed E-state index contributed by atoms with van der Waals surface area (Å²) in [7, 11) is 1.75. The van der Waals surface area contributed by atoms with Gasteiger partial charge in [-0.2, -0.15) is 0 Å². The van der Waals surface area contributed by atoms with Crippen molar-refractivity contribution in [1.29, 1.82) is 0 Å². The van der Waals surface area contributed by atoms with E-state index in [0.717, 1.165) is 44.6 Å². The van der Waals surface area contributed by atoms with Crippen LogP contribution in [0.3, 0.4) is 0 Å². The lowest BCUT2D eigenvalue weighted by Gasteiger charge is -2.46. The molecule has 0 amide bonds. The van der Waals surface area contributed by atoms with Gasteiger partial charge in [-0.25, -0.2) is 4.39 Å². The number of methoxy groups -OCH3 is 1. The minimum absolute atomic E-state index is 0.166. The van der Waals surface area contributed by atoms with Crippen LogP contribution in [0.1, 0.15) is 54.2 Å². The summed E-state index contributed by atoms with van der Waals surface area (Å²) in [5, 5.41) is 3.33. The van der Waals surface area contributed by atoms with E-state index in [1.54, 1.807) is 7.11 Å². The van der Waals surface area contributed by atoms with E-state index in [2.05, 4.69) is 60.8 Å². The van der Waals surface area contributed by atoms with Crippen molar-refractivity contribution in [2.24, 2.45) is 5.92 Å². The highest BCUT2D eigenvalue weighted by Crippen LogP contribution is 2.55. The summed E-state index contributed by atoms with van der Waals surface area (Å²) in [6.07, 6.45) is 4.40. The van der Waals surface area contributed by atoms with E-state index in [1.165, 1.54) is 16.7 Å². The van der Waals surface area contributed by atoms with Gasteiger partial charge in [-0.05, 0) is 55.8 Å². The first-order valence-corrected chi connectivity index (χ1v) is 11.3. The van der Waals surface area contributed by atoms with Crippen LogP contribution < -0.4 is 10.1 Å². The predicted molar refractivity (Wildman–Crippen MR) is 119 cm³/mol. The van der Waals surface area contributed by atoms with Gasteiger partial charge in [0.15, 0.2) is 0 Å². The van der Waals surface area contributed by atoms with Crippen molar-refractivity contribution in [1.82, 2.24) is 5.32 Å². The van der Waals surface area contributed by atoms with Crippen molar-refractivity contribution < 1.29 is 13.9 Å². The van der Waals surface area contributed by atoms with E-state index in [-0.39, 0.29) is 12.3 Å². The van der Waals surface area contributed by atoms with Crippen LogP contribution in [0.15, 0.2) is 48.5 Å². The molecule has 2 fully saturated rings. The Labute approximate surface area is 180 Å². The van der Waals surface area contributed by atoms with Gasteiger partial charge in [-0.15, -0.1) is 0 Å². The van der Waals surface area contributed by atoms with Crippen molar-refractivity contribution in [3.63, 3.8) is 0 Å². The van der Waals surface area contributed by atoms with Crippen LogP contribution in [-0.4, -0.2) is 39.1 Å². The Kier molecular flexibility index (Phi) is 6.74. The van der Waals surface area contributed by atoms with E-state index in [1.807, 2.05) is 0 Å². The lowest BCUT2D eigenvalue weighted by atomic mass is 9.64. The van der Waals surface area contributed by atoms with Gasteiger partial charge >= 0.3 is 0 Å². The fraction of sp³-hybridized carbons (Fsp3) is 0.538. The van der Waals surface area contributed by atoms with Crippen molar-refractivity contribution in [2.45, 2.75) is 50.0 Å². The van der Waals surface area contributed by atoms with Gasteiger partial charge in [-0.3, -0.25) is 0 Å². The molecule has 1 heterocycles. The number of benzene rings is 2.